The number of nitrogens with two attached hydrogens (primary N) is 1. The highest BCUT2D eigenvalue weighted by Gasteiger charge is 2.27. The van der Waals surface area contributed by atoms with Crippen molar-refractivity contribution in [1.29, 1.82) is 0 Å². The molecule has 2 rings (SSSR count). The predicted molar refractivity (Wildman–Crippen MR) is 57.5 cm³/mol. The maximum Gasteiger partial charge on any atom is 0.296 e. The Morgan fingerprint density at radius 3 is 2.87 bits per heavy atom. The number of fused-ring (bicyclic) bond motifs is 1. The summed E-state index contributed by atoms with van der Waals surface area (Å²) >= 11 is 0. The van der Waals surface area contributed by atoms with E-state index >= 15 is 0 Å². The minimum absolute atomic E-state index is 0.430. The molecule has 76 valence electrons. The second-order valence-corrected chi connectivity index (χ2v) is 3.23. The quantitative estimate of drug-likeness (QED) is 0.696. The Morgan fingerprint density at radius 1 is 1.33 bits per heavy atom. The SMILES string of the molecule is NCC=Cc1ccc2c(c1)C(=O)C(=O)N2. The van der Waals surface area contributed by atoms with Crippen molar-refractivity contribution in [2.75, 3.05) is 11.9 Å². The molecule has 0 saturated heterocycles. The van der Waals surface area contributed by atoms with Crippen LogP contribution in [0.1, 0.15) is 15.9 Å². The average molecular weight is 202 g/mol. The van der Waals surface area contributed by atoms with Gasteiger partial charge in [0.1, 0.15) is 0 Å². The molecule has 0 aromatic heterocycles. The normalized spacial score (nSPS) is 14.5. The lowest BCUT2D eigenvalue weighted by atomic mass is 10.1. The number of benzene rings is 1. The van der Waals surface area contributed by atoms with Crippen LogP contribution < -0.4 is 11.1 Å². The lowest BCUT2D eigenvalue weighted by Crippen LogP contribution is -2.12. The average Bonchev–Trinajstić information content (AvgIpc) is 2.52. The van der Waals surface area contributed by atoms with E-state index in [1.165, 1.54) is 0 Å². The number of carbonyl (C=O) groups excluding carboxylic acids is 2. The molecule has 0 atom stereocenters. The van der Waals surface area contributed by atoms with Gasteiger partial charge in [-0.3, -0.25) is 9.59 Å². The van der Waals surface area contributed by atoms with E-state index in [2.05, 4.69) is 5.32 Å². The summed E-state index contributed by atoms with van der Waals surface area (Å²) in [5.74, 6) is -1.04. The van der Waals surface area contributed by atoms with Gasteiger partial charge in [0.25, 0.3) is 11.7 Å². The summed E-state index contributed by atoms with van der Waals surface area (Å²) in [6.07, 6.45) is 3.60. The molecule has 0 saturated carbocycles. The van der Waals surface area contributed by atoms with Crippen LogP contribution >= 0.6 is 0 Å². The summed E-state index contributed by atoms with van der Waals surface area (Å²) in [5.41, 5.74) is 7.19. The molecule has 0 spiro atoms. The van der Waals surface area contributed by atoms with Crippen LogP contribution in [0.5, 0.6) is 0 Å². The molecule has 1 aromatic carbocycles. The molecule has 1 aromatic rings. The zero-order valence-electron chi connectivity index (χ0n) is 7.99. The first-order valence-corrected chi connectivity index (χ1v) is 4.58. The molecule has 4 heteroatoms. The summed E-state index contributed by atoms with van der Waals surface area (Å²) in [6.45, 7) is 0.447. The van der Waals surface area contributed by atoms with Gasteiger partial charge in [-0.05, 0) is 17.7 Å². The van der Waals surface area contributed by atoms with Crippen molar-refractivity contribution in [2.45, 2.75) is 0 Å². The van der Waals surface area contributed by atoms with Crippen LogP contribution in [0.4, 0.5) is 5.69 Å². The van der Waals surface area contributed by atoms with E-state index in [4.69, 9.17) is 5.73 Å². The molecule has 0 fully saturated rings. The molecular formula is C11H10N2O2. The summed E-state index contributed by atoms with van der Waals surface area (Å²) < 4.78 is 0. The molecule has 0 bridgehead atoms. The summed E-state index contributed by atoms with van der Waals surface area (Å²) in [5, 5.41) is 2.49. The van der Waals surface area contributed by atoms with E-state index in [0.717, 1.165) is 5.56 Å². The zero-order chi connectivity index (χ0) is 10.8. The third-order valence-electron chi connectivity index (χ3n) is 2.19. The number of ketones is 1. The summed E-state index contributed by atoms with van der Waals surface area (Å²) in [4.78, 5) is 22.4. The monoisotopic (exact) mass is 202 g/mol. The maximum absolute atomic E-state index is 11.4. The fourth-order valence-corrected chi connectivity index (χ4v) is 1.47. The number of rotatable bonds is 2. The molecule has 4 nitrogen and oxygen atoms in total. The van der Waals surface area contributed by atoms with Gasteiger partial charge in [-0.2, -0.15) is 0 Å². The molecule has 1 heterocycles. The smallest absolute Gasteiger partial charge is 0.296 e. The number of carbonyl (C=O) groups is 2. The molecule has 1 aliphatic rings. The van der Waals surface area contributed by atoms with Crippen LogP contribution in [-0.2, 0) is 4.79 Å². The van der Waals surface area contributed by atoms with Crippen LogP contribution in [0.25, 0.3) is 6.08 Å². The van der Waals surface area contributed by atoms with E-state index in [-0.39, 0.29) is 0 Å². The highest BCUT2D eigenvalue weighted by atomic mass is 16.2. The summed E-state index contributed by atoms with van der Waals surface area (Å²) in [7, 11) is 0. The Morgan fingerprint density at radius 2 is 2.13 bits per heavy atom. The van der Waals surface area contributed by atoms with Crippen molar-refractivity contribution in [1.82, 2.24) is 0 Å². The number of hydrogen-bond acceptors (Lipinski definition) is 3. The first-order valence-electron chi connectivity index (χ1n) is 4.58. The second kappa shape index (κ2) is 3.67. The van der Waals surface area contributed by atoms with Crippen molar-refractivity contribution < 1.29 is 9.59 Å². The van der Waals surface area contributed by atoms with Gasteiger partial charge in [0.2, 0.25) is 0 Å². The van der Waals surface area contributed by atoms with Crippen LogP contribution in [0.3, 0.4) is 0 Å². The highest BCUT2D eigenvalue weighted by Crippen LogP contribution is 2.24. The van der Waals surface area contributed by atoms with Gasteiger partial charge in [-0.25, -0.2) is 0 Å². The Labute approximate surface area is 86.8 Å². The topological polar surface area (TPSA) is 72.2 Å². The molecule has 1 amide bonds. The standard InChI is InChI=1S/C11H10N2O2/c12-5-1-2-7-3-4-9-8(6-7)10(14)11(15)13-9/h1-4,6H,5,12H2,(H,13,14,15). The Kier molecular flexibility index (Phi) is 2.35. The number of Topliss-reactive ketones (excluding diaryl/α,β-unsaturated/α-hetero) is 1. The molecular weight excluding hydrogens is 192 g/mol. The second-order valence-electron chi connectivity index (χ2n) is 3.23. The lowest BCUT2D eigenvalue weighted by Gasteiger charge is -1.98. The van der Waals surface area contributed by atoms with Crippen molar-refractivity contribution in [2.24, 2.45) is 5.73 Å². The van der Waals surface area contributed by atoms with Gasteiger partial charge in [0.15, 0.2) is 0 Å². The van der Waals surface area contributed by atoms with Crippen molar-refractivity contribution in [3.63, 3.8) is 0 Å². The lowest BCUT2D eigenvalue weighted by molar-refractivity contribution is -0.112. The fourth-order valence-electron chi connectivity index (χ4n) is 1.47. The van der Waals surface area contributed by atoms with E-state index in [9.17, 15) is 9.59 Å². The van der Waals surface area contributed by atoms with E-state index in [0.29, 0.717) is 17.8 Å². The van der Waals surface area contributed by atoms with E-state index in [1.54, 1.807) is 18.2 Å². The maximum atomic E-state index is 11.4. The Balaban J connectivity index is 2.39. The molecule has 0 unspecified atom stereocenters. The van der Waals surface area contributed by atoms with Crippen molar-refractivity contribution >= 4 is 23.5 Å². The number of anilines is 1. The Hall–Kier alpha value is -1.94. The number of amides is 1. The van der Waals surface area contributed by atoms with Crippen LogP contribution in [0, 0.1) is 0 Å². The van der Waals surface area contributed by atoms with Crippen molar-refractivity contribution in [3.05, 3.63) is 35.4 Å². The first-order chi connectivity index (χ1) is 7.22. The number of hydrogen-bond donors (Lipinski definition) is 2. The van der Waals surface area contributed by atoms with Gasteiger partial charge in [0, 0.05) is 6.54 Å². The van der Waals surface area contributed by atoms with Crippen LogP contribution in [-0.4, -0.2) is 18.2 Å². The number of nitrogens with one attached hydrogen (secondary N) is 1. The summed E-state index contributed by atoms with van der Waals surface area (Å²) in [6, 6.07) is 5.22. The molecule has 3 N–H and O–H groups in total. The largest absolute Gasteiger partial charge is 0.327 e. The van der Waals surface area contributed by atoms with Gasteiger partial charge in [-0.15, -0.1) is 0 Å². The van der Waals surface area contributed by atoms with E-state index in [1.807, 2.05) is 12.1 Å². The Bertz CT molecular complexity index is 464. The van der Waals surface area contributed by atoms with Gasteiger partial charge in [-0.1, -0.05) is 18.2 Å². The van der Waals surface area contributed by atoms with Gasteiger partial charge < -0.3 is 11.1 Å². The zero-order valence-corrected chi connectivity index (χ0v) is 7.99. The van der Waals surface area contributed by atoms with Crippen molar-refractivity contribution in [3.8, 4) is 0 Å². The third-order valence-corrected chi connectivity index (χ3v) is 2.19. The fraction of sp³-hybridized carbons (Fsp3) is 0.0909. The van der Waals surface area contributed by atoms with Gasteiger partial charge >= 0.3 is 0 Å². The first kappa shape index (κ1) is 9.61. The molecule has 1 aliphatic heterocycles. The molecule has 0 radical (unpaired) electrons. The van der Waals surface area contributed by atoms with E-state index < -0.39 is 11.7 Å². The molecule has 0 aliphatic carbocycles. The minimum atomic E-state index is -0.565. The third kappa shape index (κ3) is 1.67. The van der Waals surface area contributed by atoms with Gasteiger partial charge in [0.05, 0.1) is 11.3 Å². The van der Waals surface area contributed by atoms with Crippen LogP contribution in [0.2, 0.25) is 0 Å². The minimum Gasteiger partial charge on any atom is -0.327 e. The highest BCUT2D eigenvalue weighted by molar-refractivity contribution is 6.51. The van der Waals surface area contributed by atoms with Crippen LogP contribution in [0.15, 0.2) is 24.3 Å². The molecule has 15 heavy (non-hydrogen) atoms. The predicted octanol–water partition coefficient (Wildman–Crippen LogP) is 0.793.